The topological polar surface area (TPSA) is 61.0 Å². The number of nitro benzene ring substituents is 1. The third-order valence-electron chi connectivity index (χ3n) is 2.93. The molecule has 1 aromatic heterocycles. The molecular weight excluding hydrogens is 301 g/mol. The zero-order valence-electron chi connectivity index (χ0n) is 10.8. The summed E-state index contributed by atoms with van der Waals surface area (Å²) in [6.07, 6.45) is 1.74. The van der Waals surface area contributed by atoms with Crippen molar-refractivity contribution < 1.29 is 4.92 Å². The van der Waals surface area contributed by atoms with Crippen LogP contribution in [0.1, 0.15) is 24.6 Å². The SMILES string of the molecule is CCCc1nn(-c2ccc([N+](=O)[O-])cc2)c(Cl)c1CCl. The standard InChI is InChI=1S/C13H13Cl2N3O2/c1-2-3-12-11(8-14)13(15)17(16-12)9-4-6-10(7-5-9)18(19)20/h4-7H,2-3,8H2,1H3. The van der Waals surface area contributed by atoms with Crippen LogP contribution in [0.5, 0.6) is 0 Å². The lowest BCUT2D eigenvalue weighted by molar-refractivity contribution is -0.384. The van der Waals surface area contributed by atoms with E-state index in [9.17, 15) is 10.1 Å². The number of hydrogen-bond donors (Lipinski definition) is 0. The van der Waals surface area contributed by atoms with Crippen LogP contribution in [0.2, 0.25) is 5.15 Å². The summed E-state index contributed by atoms with van der Waals surface area (Å²) >= 11 is 12.2. The highest BCUT2D eigenvalue weighted by Gasteiger charge is 2.16. The first-order chi connectivity index (χ1) is 9.58. The van der Waals surface area contributed by atoms with E-state index in [0.717, 1.165) is 24.1 Å². The molecule has 0 saturated heterocycles. The molecule has 0 saturated carbocycles. The first-order valence-electron chi connectivity index (χ1n) is 6.15. The minimum Gasteiger partial charge on any atom is -0.258 e. The summed E-state index contributed by atoms with van der Waals surface area (Å²) in [5.41, 5.74) is 2.39. The number of aromatic nitrogens is 2. The van der Waals surface area contributed by atoms with Gasteiger partial charge in [-0.1, -0.05) is 24.9 Å². The molecule has 0 fully saturated rings. The van der Waals surface area contributed by atoms with Gasteiger partial charge >= 0.3 is 0 Å². The Hall–Kier alpha value is -1.59. The minimum absolute atomic E-state index is 0.0309. The molecule has 0 aliphatic carbocycles. The molecule has 1 heterocycles. The third kappa shape index (κ3) is 2.78. The monoisotopic (exact) mass is 313 g/mol. The molecule has 2 rings (SSSR count). The van der Waals surface area contributed by atoms with Crippen LogP contribution in [0, 0.1) is 10.1 Å². The Kier molecular flexibility index (Phi) is 4.62. The van der Waals surface area contributed by atoms with Crippen molar-refractivity contribution >= 4 is 28.9 Å². The molecule has 0 amide bonds. The largest absolute Gasteiger partial charge is 0.269 e. The smallest absolute Gasteiger partial charge is 0.258 e. The van der Waals surface area contributed by atoms with Gasteiger partial charge in [0.25, 0.3) is 5.69 Å². The van der Waals surface area contributed by atoms with Gasteiger partial charge in [-0.25, -0.2) is 4.68 Å². The predicted molar refractivity (Wildman–Crippen MR) is 78.8 cm³/mol. The number of benzene rings is 1. The van der Waals surface area contributed by atoms with E-state index in [1.54, 1.807) is 16.8 Å². The first kappa shape index (κ1) is 14.8. The average molecular weight is 314 g/mol. The Labute approximate surface area is 126 Å². The maximum atomic E-state index is 10.6. The van der Waals surface area contributed by atoms with Crippen molar-refractivity contribution in [1.82, 2.24) is 9.78 Å². The van der Waals surface area contributed by atoms with E-state index in [-0.39, 0.29) is 5.69 Å². The number of non-ortho nitro benzene ring substituents is 1. The van der Waals surface area contributed by atoms with Crippen LogP contribution < -0.4 is 0 Å². The van der Waals surface area contributed by atoms with Crippen LogP contribution in [0.25, 0.3) is 5.69 Å². The molecule has 1 aromatic carbocycles. The number of aryl methyl sites for hydroxylation is 1. The number of alkyl halides is 1. The molecule has 106 valence electrons. The minimum atomic E-state index is -0.443. The van der Waals surface area contributed by atoms with Crippen molar-refractivity contribution in [3.05, 3.63) is 50.8 Å². The summed E-state index contributed by atoms with van der Waals surface area (Å²) in [6.45, 7) is 2.05. The van der Waals surface area contributed by atoms with E-state index in [2.05, 4.69) is 12.0 Å². The first-order valence-corrected chi connectivity index (χ1v) is 7.06. The molecule has 7 heteroatoms. The van der Waals surface area contributed by atoms with Gasteiger partial charge in [0.05, 0.1) is 22.2 Å². The van der Waals surface area contributed by atoms with Crippen LogP contribution >= 0.6 is 23.2 Å². The fourth-order valence-electron chi connectivity index (χ4n) is 1.93. The van der Waals surface area contributed by atoms with Crippen molar-refractivity contribution in [3.8, 4) is 5.69 Å². The highest BCUT2D eigenvalue weighted by molar-refractivity contribution is 6.31. The van der Waals surface area contributed by atoms with E-state index in [0.29, 0.717) is 16.7 Å². The lowest BCUT2D eigenvalue weighted by Crippen LogP contribution is -1.98. The molecule has 0 aliphatic heterocycles. The molecule has 0 spiro atoms. The quantitative estimate of drug-likeness (QED) is 0.474. The summed E-state index contributed by atoms with van der Waals surface area (Å²) in [5, 5.41) is 15.5. The average Bonchev–Trinajstić information content (AvgIpc) is 2.75. The van der Waals surface area contributed by atoms with Crippen LogP contribution in [0.4, 0.5) is 5.69 Å². The fraction of sp³-hybridized carbons (Fsp3) is 0.308. The van der Waals surface area contributed by atoms with E-state index >= 15 is 0 Å². The van der Waals surface area contributed by atoms with Crippen LogP contribution in [0.15, 0.2) is 24.3 Å². The highest BCUT2D eigenvalue weighted by Crippen LogP contribution is 2.27. The fourth-order valence-corrected chi connectivity index (χ4v) is 2.59. The Morgan fingerprint density at radius 3 is 2.50 bits per heavy atom. The summed E-state index contributed by atoms with van der Waals surface area (Å²) in [4.78, 5) is 10.2. The molecule has 0 atom stereocenters. The number of rotatable bonds is 5. The zero-order valence-corrected chi connectivity index (χ0v) is 12.4. The second-order valence-electron chi connectivity index (χ2n) is 4.28. The molecule has 2 aromatic rings. The Balaban J connectivity index is 2.44. The van der Waals surface area contributed by atoms with Gasteiger partial charge in [0.1, 0.15) is 5.15 Å². The van der Waals surface area contributed by atoms with Gasteiger partial charge in [-0.2, -0.15) is 5.10 Å². The summed E-state index contributed by atoms with van der Waals surface area (Å²) in [5.74, 6) is 0.293. The van der Waals surface area contributed by atoms with Gasteiger partial charge in [0.2, 0.25) is 0 Å². The van der Waals surface area contributed by atoms with Crippen molar-refractivity contribution in [1.29, 1.82) is 0 Å². The maximum absolute atomic E-state index is 10.6. The zero-order chi connectivity index (χ0) is 14.7. The summed E-state index contributed by atoms with van der Waals surface area (Å²) in [6, 6.07) is 6.08. The van der Waals surface area contributed by atoms with Gasteiger partial charge in [-0.3, -0.25) is 10.1 Å². The van der Waals surface area contributed by atoms with Crippen molar-refractivity contribution in [2.75, 3.05) is 0 Å². The molecule has 20 heavy (non-hydrogen) atoms. The summed E-state index contributed by atoms with van der Waals surface area (Å²) in [7, 11) is 0. The number of nitrogens with zero attached hydrogens (tertiary/aromatic N) is 3. The summed E-state index contributed by atoms with van der Waals surface area (Å²) < 4.78 is 1.56. The second kappa shape index (κ2) is 6.24. The van der Waals surface area contributed by atoms with Crippen LogP contribution in [-0.4, -0.2) is 14.7 Å². The predicted octanol–water partition coefficient (Wildman–Crippen LogP) is 4.13. The molecule has 0 unspecified atom stereocenters. The highest BCUT2D eigenvalue weighted by atomic mass is 35.5. The normalized spacial score (nSPS) is 10.8. The van der Waals surface area contributed by atoms with Crippen molar-refractivity contribution in [2.24, 2.45) is 0 Å². The van der Waals surface area contributed by atoms with E-state index in [4.69, 9.17) is 23.2 Å². The molecule has 0 aliphatic rings. The number of nitro groups is 1. The van der Waals surface area contributed by atoms with E-state index < -0.39 is 4.92 Å². The van der Waals surface area contributed by atoms with Crippen molar-refractivity contribution in [2.45, 2.75) is 25.6 Å². The Morgan fingerprint density at radius 1 is 1.35 bits per heavy atom. The van der Waals surface area contributed by atoms with E-state index in [1.165, 1.54) is 12.1 Å². The number of hydrogen-bond acceptors (Lipinski definition) is 3. The van der Waals surface area contributed by atoms with E-state index in [1.807, 2.05) is 0 Å². The Morgan fingerprint density at radius 2 is 2.00 bits per heavy atom. The number of halogens is 2. The van der Waals surface area contributed by atoms with Crippen LogP contribution in [0.3, 0.4) is 0 Å². The third-order valence-corrected chi connectivity index (χ3v) is 3.59. The van der Waals surface area contributed by atoms with Crippen LogP contribution in [-0.2, 0) is 12.3 Å². The molecule has 5 nitrogen and oxygen atoms in total. The second-order valence-corrected chi connectivity index (χ2v) is 4.91. The van der Waals surface area contributed by atoms with Crippen molar-refractivity contribution in [3.63, 3.8) is 0 Å². The molecule has 0 radical (unpaired) electrons. The molecule has 0 N–H and O–H groups in total. The Bertz CT molecular complexity index is 623. The lowest BCUT2D eigenvalue weighted by atomic mass is 10.2. The van der Waals surface area contributed by atoms with Gasteiger partial charge < -0.3 is 0 Å². The van der Waals surface area contributed by atoms with Gasteiger partial charge in [0.15, 0.2) is 0 Å². The van der Waals surface area contributed by atoms with Gasteiger partial charge in [-0.15, -0.1) is 11.6 Å². The van der Waals surface area contributed by atoms with Gasteiger partial charge in [0, 0.05) is 17.7 Å². The maximum Gasteiger partial charge on any atom is 0.269 e. The molecule has 0 bridgehead atoms. The van der Waals surface area contributed by atoms with Gasteiger partial charge in [-0.05, 0) is 18.6 Å². The lowest BCUT2D eigenvalue weighted by Gasteiger charge is -2.02. The molecular formula is C13H13Cl2N3O2.